The van der Waals surface area contributed by atoms with Gasteiger partial charge in [-0.2, -0.15) is 0 Å². The van der Waals surface area contributed by atoms with Gasteiger partial charge in [0.25, 0.3) is 0 Å². The van der Waals surface area contributed by atoms with Crippen molar-refractivity contribution in [2.24, 2.45) is 0 Å². The molecule has 0 bridgehead atoms. The van der Waals surface area contributed by atoms with E-state index in [4.69, 9.17) is 0 Å². The molecule has 1 aromatic carbocycles. The first-order valence-corrected chi connectivity index (χ1v) is 4.97. The van der Waals surface area contributed by atoms with Gasteiger partial charge in [-0.05, 0) is 6.92 Å². The van der Waals surface area contributed by atoms with E-state index < -0.39 is 0 Å². The third-order valence-electron chi connectivity index (χ3n) is 1.84. The standard InChI is InChI=1S/C10H8N2OS/c1-7-11-12-10(14-7)9-5-3-2-4-8(9)6-13/h2-6H,1H3. The Hall–Kier alpha value is -1.55. The van der Waals surface area contributed by atoms with Crippen molar-refractivity contribution < 1.29 is 4.79 Å². The summed E-state index contributed by atoms with van der Waals surface area (Å²) in [6.07, 6.45) is 0.839. The Morgan fingerprint density at radius 2 is 2.07 bits per heavy atom. The largest absolute Gasteiger partial charge is 0.298 e. The molecule has 1 heterocycles. The summed E-state index contributed by atoms with van der Waals surface area (Å²) in [5, 5.41) is 9.63. The Morgan fingerprint density at radius 1 is 1.29 bits per heavy atom. The quantitative estimate of drug-likeness (QED) is 0.705. The van der Waals surface area contributed by atoms with Crippen molar-refractivity contribution in [1.82, 2.24) is 10.2 Å². The summed E-state index contributed by atoms with van der Waals surface area (Å²) in [5.41, 5.74) is 1.51. The van der Waals surface area contributed by atoms with Crippen LogP contribution >= 0.6 is 11.3 Å². The summed E-state index contributed by atoms with van der Waals surface area (Å²) >= 11 is 1.49. The third-order valence-corrected chi connectivity index (χ3v) is 2.72. The van der Waals surface area contributed by atoms with E-state index >= 15 is 0 Å². The first-order valence-electron chi connectivity index (χ1n) is 4.16. The minimum atomic E-state index is 0.656. The van der Waals surface area contributed by atoms with Gasteiger partial charge in [-0.25, -0.2) is 0 Å². The van der Waals surface area contributed by atoms with E-state index in [1.807, 2.05) is 25.1 Å². The van der Waals surface area contributed by atoms with E-state index in [0.29, 0.717) is 5.56 Å². The molecule has 70 valence electrons. The molecule has 0 amide bonds. The molecule has 0 saturated carbocycles. The number of aldehydes is 1. The number of nitrogens with zero attached hydrogens (tertiary/aromatic N) is 2. The summed E-state index contributed by atoms with van der Waals surface area (Å²) in [4.78, 5) is 10.8. The minimum Gasteiger partial charge on any atom is -0.298 e. The first kappa shape index (κ1) is 9.02. The Balaban J connectivity index is 2.55. The van der Waals surface area contributed by atoms with Gasteiger partial charge >= 0.3 is 0 Å². The molecule has 2 aromatic rings. The molecule has 0 fully saturated rings. The van der Waals surface area contributed by atoms with Crippen molar-refractivity contribution >= 4 is 17.6 Å². The average molecular weight is 204 g/mol. The Morgan fingerprint density at radius 3 is 2.71 bits per heavy atom. The van der Waals surface area contributed by atoms with Crippen LogP contribution < -0.4 is 0 Å². The van der Waals surface area contributed by atoms with Crippen LogP contribution in [0.2, 0.25) is 0 Å². The highest BCUT2D eigenvalue weighted by molar-refractivity contribution is 7.14. The molecule has 14 heavy (non-hydrogen) atoms. The monoisotopic (exact) mass is 204 g/mol. The second-order valence-electron chi connectivity index (χ2n) is 2.83. The molecule has 4 heteroatoms. The van der Waals surface area contributed by atoms with Crippen LogP contribution in [0.15, 0.2) is 24.3 Å². The molecule has 0 radical (unpaired) electrons. The Kier molecular flexibility index (Phi) is 2.37. The summed E-state index contributed by atoms with van der Waals surface area (Å²) in [6, 6.07) is 7.38. The van der Waals surface area contributed by atoms with Gasteiger partial charge in [-0.15, -0.1) is 10.2 Å². The molecule has 0 N–H and O–H groups in total. The molecule has 0 aliphatic carbocycles. The maximum atomic E-state index is 10.8. The van der Waals surface area contributed by atoms with Crippen LogP contribution in [0.4, 0.5) is 0 Å². The normalized spacial score (nSPS) is 10.1. The molecular formula is C10H8N2OS. The zero-order valence-electron chi connectivity index (χ0n) is 7.60. The molecule has 0 aliphatic heterocycles. The molecule has 0 atom stereocenters. The van der Waals surface area contributed by atoms with E-state index in [1.54, 1.807) is 6.07 Å². The fraction of sp³-hybridized carbons (Fsp3) is 0.100. The van der Waals surface area contributed by atoms with Crippen LogP contribution in [-0.4, -0.2) is 16.5 Å². The van der Waals surface area contributed by atoms with Gasteiger partial charge in [-0.3, -0.25) is 4.79 Å². The van der Waals surface area contributed by atoms with E-state index in [0.717, 1.165) is 21.9 Å². The molecule has 0 saturated heterocycles. The smallest absolute Gasteiger partial charge is 0.150 e. The topological polar surface area (TPSA) is 42.9 Å². The van der Waals surface area contributed by atoms with Crippen molar-refractivity contribution in [3.8, 4) is 10.6 Å². The zero-order valence-corrected chi connectivity index (χ0v) is 8.41. The van der Waals surface area contributed by atoms with E-state index in [-0.39, 0.29) is 0 Å². The second kappa shape index (κ2) is 3.67. The highest BCUT2D eigenvalue weighted by Crippen LogP contribution is 2.25. The van der Waals surface area contributed by atoms with Crippen molar-refractivity contribution in [2.45, 2.75) is 6.92 Å². The van der Waals surface area contributed by atoms with Crippen LogP contribution in [-0.2, 0) is 0 Å². The molecule has 1 aromatic heterocycles. The number of carbonyl (C=O) groups excluding carboxylic acids is 1. The number of aryl methyl sites for hydroxylation is 1. The van der Waals surface area contributed by atoms with Gasteiger partial charge in [0.05, 0.1) is 0 Å². The number of rotatable bonds is 2. The van der Waals surface area contributed by atoms with E-state index in [9.17, 15) is 4.79 Å². The molecule has 0 aliphatic rings. The fourth-order valence-electron chi connectivity index (χ4n) is 1.20. The van der Waals surface area contributed by atoms with Crippen molar-refractivity contribution in [3.05, 3.63) is 34.8 Å². The first-order chi connectivity index (χ1) is 6.81. The van der Waals surface area contributed by atoms with Crippen LogP contribution in [0.5, 0.6) is 0 Å². The Bertz CT molecular complexity index is 465. The lowest BCUT2D eigenvalue weighted by atomic mass is 10.1. The summed E-state index contributed by atoms with van der Waals surface area (Å²) in [6.45, 7) is 1.89. The predicted molar refractivity (Wildman–Crippen MR) is 55.5 cm³/mol. The maximum absolute atomic E-state index is 10.8. The zero-order chi connectivity index (χ0) is 9.97. The third kappa shape index (κ3) is 1.56. The lowest BCUT2D eigenvalue weighted by Gasteiger charge is -1.97. The van der Waals surface area contributed by atoms with Gasteiger partial charge in [0, 0.05) is 11.1 Å². The molecular weight excluding hydrogens is 196 g/mol. The second-order valence-corrected chi connectivity index (χ2v) is 4.01. The number of hydrogen-bond donors (Lipinski definition) is 0. The van der Waals surface area contributed by atoms with Crippen molar-refractivity contribution in [3.63, 3.8) is 0 Å². The number of benzene rings is 1. The summed E-state index contributed by atoms with van der Waals surface area (Å²) < 4.78 is 0. The van der Waals surface area contributed by atoms with Gasteiger partial charge < -0.3 is 0 Å². The summed E-state index contributed by atoms with van der Waals surface area (Å²) in [7, 11) is 0. The lowest BCUT2D eigenvalue weighted by molar-refractivity contribution is 0.112. The minimum absolute atomic E-state index is 0.656. The van der Waals surface area contributed by atoms with Gasteiger partial charge in [-0.1, -0.05) is 35.6 Å². The van der Waals surface area contributed by atoms with E-state index in [1.165, 1.54) is 11.3 Å². The number of carbonyl (C=O) groups is 1. The Labute approximate surface area is 85.4 Å². The fourth-order valence-corrected chi connectivity index (χ4v) is 1.94. The maximum Gasteiger partial charge on any atom is 0.150 e. The average Bonchev–Trinajstić information content (AvgIpc) is 2.65. The van der Waals surface area contributed by atoms with Crippen LogP contribution in [0.1, 0.15) is 15.4 Å². The van der Waals surface area contributed by atoms with Gasteiger partial charge in [0.15, 0.2) is 6.29 Å². The van der Waals surface area contributed by atoms with Crippen molar-refractivity contribution in [2.75, 3.05) is 0 Å². The van der Waals surface area contributed by atoms with Crippen LogP contribution in [0.3, 0.4) is 0 Å². The van der Waals surface area contributed by atoms with Crippen molar-refractivity contribution in [1.29, 1.82) is 0 Å². The lowest BCUT2D eigenvalue weighted by Crippen LogP contribution is -1.85. The molecule has 0 unspecified atom stereocenters. The van der Waals surface area contributed by atoms with Gasteiger partial charge in [0.2, 0.25) is 0 Å². The molecule has 3 nitrogen and oxygen atoms in total. The highest BCUT2D eigenvalue weighted by atomic mass is 32.1. The van der Waals surface area contributed by atoms with E-state index in [2.05, 4.69) is 10.2 Å². The van der Waals surface area contributed by atoms with Crippen LogP contribution in [0, 0.1) is 6.92 Å². The predicted octanol–water partition coefficient (Wildman–Crippen LogP) is 2.33. The summed E-state index contributed by atoms with van der Waals surface area (Å²) in [5.74, 6) is 0. The van der Waals surface area contributed by atoms with Crippen LogP contribution in [0.25, 0.3) is 10.6 Å². The number of hydrogen-bond acceptors (Lipinski definition) is 4. The molecule has 2 rings (SSSR count). The van der Waals surface area contributed by atoms with Gasteiger partial charge in [0.1, 0.15) is 10.0 Å². The highest BCUT2D eigenvalue weighted by Gasteiger charge is 2.07. The number of aromatic nitrogens is 2. The SMILES string of the molecule is Cc1nnc(-c2ccccc2C=O)s1. The molecule has 0 spiro atoms.